The summed E-state index contributed by atoms with van der Waals surface area (Å²) in [5.74, 6) is 0.226. The van der Waals surface area contributed by atoms with Gasteiger partial charge in [0, 0.05) is 19.3 Å². The maximum absolute atomic E-state index is 12.2. The number of nitrogens with zero attached hydrogens (tertiary/aromatic N) is 1. The summed E-state index contributed by atoms with van der Waals surface area (Å²) in [6, 6.07) is 1.67. The SMILES string of the molecule is CCCNc1cnccc1C(=O)NCC1CCS(=O)(=O)C1. The van der Waals surface area contributed by atoms with Crippen molar-refractivity contribution >= 4 is 21.4 Å². The average molecular weight is 311 g/mol. The molecular weight excluding hydrogens is 290 g/mol. The molecule has 1 amide bonds. The van der Waals surface area contributed by atoms with Gasteiger partial charge in [0.1, 0.15) is 0 Å². The number of aromatic nitrogens is 1. The molecular formula is C14H21N3O3S. The van der Waals surface area contributed by atoms with Crippen molar-refractivity contribution in [2.24, 2.45) is 5.92 Å². The van der Waals surface area contributed by atoms with Crippen molar-refractivity contribution in [1.82, 2.24) is 10.3 Å². The molecule has 1 aromatic rings. The highest BCUT2D eigenvalue weighted by Crippen LogP contribution is 2.18. The highest BCUT2D eigenvalue weighted by atomic mass is 32.2. The molecule has 0 saturated carbocycles. The van der Waals surface area contributed by atoms with E-state index in [-0.39, 0.29) is 23.3 Å². The van der Waals surface area contributed by atoms with Crippen LogP contribution in [0.3, 0.4) is 0 Å². The molecule has 1 aliphatic rings. The average Bonchev–Trinajstić information content (AvgIpc) is 2.82. The van der Waals surface area contributed by atoms with Crippen LogP contribution in [0.2, 0.25) is 0 Å². The first-order chi connectivity index (χ1) is 10.0. The van der Waals surface area contributed by atoms with Crippen LogP contribution in [0.1, 0.15) is 30.1 Å². The van der Waals surface area contributed by atoms with Gasteiger partial charge in [-0.05, 0) is 24.8 Å². The Hall–Kier alpha value is -1.63. The first-order valence-corrected chi connectivity index (χ1v) is 9.00. The minimum atomic E-state index is -2.90. The summed E-state index contributed by atoms with van der Waals surface area (Å²) in [6.45, 7) is 3.21. The standard InChI is InChI=1S/C14H21N3O3S/c1-2-5-16-13-9-15-6-3-12(13)14(18)17-8-11-4-7-21(19,20)10-11/h3,6,9,11,16H,2,4-5,7-8,10H2,1H3,(H,17,18). The van der Waals surface area contributed by atoms with Crippen LogP contribution >= 0.6 is 0 Å². The first kappa shape index (κ1) is 15.8. The molecule has 1 fully saturated rings. The van der Waals surface area contributed by atoms with Crippen molar-refractivity contribution in [1.29, 1.82) is 0 Å². The number of rotatable bonds is 6. The van der Waals surface area contributed by atoms with Crippen LogP contribution in [0.25, 0.3) is 0 Å². The summed E-state index contributed by atoms with van der Waals surface area (Å²) in [4.78, 5) is 16.2. The number of carbonyl (C=O) groups excluding carboxylic acids is 1. The number of anilines is 1. The fourth-order valence-corrected chi connectivity index (χ4v) is 4.22. The van der Waals surface area contributed by atoms with Crippen LogP contribution in [0.4, 0.5) is 5.69 Å². The molecule has 0 bridgehead atoms. The molecule has 1 saturated heterocycles. The number of amides is 1. The number of hydrogen-bond acceptors (Lipinski definition) is 5. The summed E-state index contributed by atoms with van der Waals surface area (Å²) in [5, 5.41) is 5.99. The molecule has 1 atom stereocenters. The second-order valence-corrected chi connectivity index (χ2v) is 7.56. The van der Waals surface area contributed by atoms with Crippen molar-refractivity contribution in [3.63, 3.8) is 0 Å². The topological polar surface area (TPSA) is 88.2 Å². The summed E-state index contributed by atoms with van der Waals surface area (Å²) < 4.78 is 22.8. The predicted octanol–water partition coefficient (Wildman–Crippen LogP) is 1.07. The molecule has 2 heterocycles. The van der Waals surface area contributed by atoms with E-state index in [1.54, 1.807) is 18.5 Å². The summed E-state index contributed by atoms with van der Waals surface area (Å²) >= 11 is 0. The lowest BCUT2D eigenvalue weighted by molar-refractivity contribution is 0.0949. The highest BCUT2D eigenvalue weighted by molar-refractivity contribution is 7.91. The van der Waals surface area contributed by atoms with E-state index in [9.17, 15) is 13.2 Å². The zero-order chi connectivity index (χ0) is 15.3. The number of carbonyl (C=O) groups is 1. The molecule has 0 aromatic carbocycles. The number of pyridine rings is 1. The minimum absolute atomic E-state index is 0.0211. The lowest BCUT2D eigenvalue weighted by Gasteiger charge is -2.13. The quantitative estimate of drug-likeness (QED) is 0.820. The largest absolute Gasteiger partial charge is 0.383 e. The lowest BCUT2D eigenvalue weighted by Crippen LogP contribution is -2.30. The number of sulfone groups is 1. The summed E-state index contributed by atoms with van der Waals surface area (Å²) in [5.41, 5.74) is 1.25. The van der Waals surface area contributed by atoms with E-state index in [0.717, 1.165) is 13.0 Å². The third kappa shape index (κ3) is 4.42. The minimum Gasteiger partial charge on any atom is -0.383 e. The zero-order valence-electron chi connectivity index (χ0n) is 12.1. The molecule has 21 heavy (non-hydrogen) atoms. The number of nitrogens with one attached hydrogen (secondary N) is 2. The molecule has 0 radical (unpaired) electrons. The van der Waals surface area contributed by atoms with Crippen molar-refractivity contribution in [2.75, 3.05) is 29.9 Å². The summed E-state index contributed by atoms with van der Waals surface area (Å²) in [7, 11) is -2.90. The Kier molecular flexibility index (Phi) is 5.17. The van der Waals surface area contributed by atoms with E-state index in [0.29, 0.717) is 24.2 Å². The van der Waals surface area contributed by atoms with Crippen LogP contribution < -0.4 is 10.6 Å². The Morgan fingerprint density at radius 2 is 2.29 bits per heavy atom. The van der Waals surface area contributed by atoms with Crippen LogP contribution in [0, 0.1) is 5.92 Å². The van der Waals surface area contributed by atoms with Crippen LogP contribution in [-0.4, -0.2) is 43.9 Å². The third-order valence-electron chi connectivity index (χ3n) is 3.51. The van der Waals surface area contributed by atoms with Gasteiger partial charge >= 0.3 is 0 Å². The summed E-state index contributed by atoms with van der Waals surface area (Å²) in [6.07, 6.45) is 4.78. The third-order valence-corrected chi connectivity index (χ3v) is 5.35. The lowest BCUT2D eigenvalue weighted by atomic mass is 10.1. The monoisotopic (exact) mass is 311 g/mol. The number of hydrogen-bond donors (Lipinski definition) is 2. The van der Waals surface area contributed by atoms with E-state index in [2.05, 4.69) is 15.6 Å². The van der Waals surface area contributed by atoms with E-state index in [4.69, 9.17) is 0 Å². The van der Waals surface area contributed by atoms with Gasteiger partial charge in [-0.3, -0.25) is 9.78 Å². The van der Waals surface area contributed by atoms with Crippen molar-refractivity contribution in [3.8, 4) is 0 Å². The van der Waals surface area contributed by atoms with Gasteiger partial charge in [0.15, 0.2) is 9.84 Å². The molecule has 1 aromatic heterocycles. The molecule has 1 unspecified atom stereocenters. The Labute approximate surface area is 125 Å². The smallest absolute Gasteiger partial charge is 0.253 e. The second kappa shape index (κ2) is 6.89. The molecule has 2 rings (SSSR count). The Balaban J connectivity index is 1.94. The first-order valence-electron chi connectivity index (χ1n) is 7.18. The van der Waals surface area contributed by atoms with Crippen LogP contribution in [-0.2, 0) is 9.84 Å². The van der Waals surface area contributed by atoms with E-state index < -0.39 is 9.84 Å². The maximum atomic E-state index is 12.2. The Bertz CT molecular complexity index is 601. The Morgan fingerprint density at radius 1 is 1.48 bits per heavy atom. The van der Waals surface area contributed by atoms with Gasteiger partial charge in [0.2, 0.25) is 0 Å². The molecule has 0 spiro atoms. The van der Waals surface area contributed by atoms with Gasteiger partial charge in [0.05, 0.1) is 29.0 Å². The van der Waals surface area contributed by atoms with E-state index >= 15 is 0 Å². The molecule has 6 nitrogen and oxygen atoms in total. The molecule has 1 aliphatic heterocycles. The molecule has 116 valence electrons. The molecule has 0 aliphatic carbocycles. The van der Waals surface area contributed by atoms with Gasteiger partial charge in [-0.2, -0.15) is 0 Å². The molecule has 7 heteroatoms. The normalized spacial score (nSPS) is 20.1. The van der Waals surface area contributed by atoms with E-state index in [1.807, 2.05) is 6.92 Å². The van der Waals surface area contributed by atoms with Gasteiger partial charge in [-0.15, -0.1) is 0 Å². The van der Waals surface area contributed by atoms with Crippen molar-refractivity contribution in [2.45, 2.75) is 19.8 Å². The van der Waals surface area contributed by atoms with Gasteiger partial charge in [-0.1, -0.05) is 6.92 Å². The second-order valence-electron chi connectivity index (χ2n) is 5.33. The van der Waals surface area contributed by atoms with Crippen LogP contribution in [0.5, 0.6) is 0 Å². The fourth-order valence-electron chi connectivity index (χ4n) is 2.36. The van der Waals surface area contributed by atoms with Crippen LogP contribution in [0.15, 0.2) is 18.5 Å². The fraction of sp³-hybridized carbons (Fsp3) is 0.571. The highest BCUT2D eigenvalue weighted by Gasteiger charge is 2.28. The van der Waals surface area contributed by atoms with Gasteiger partial charge in [0.25, 0.3) is 5.91 Å². The van der Waals surface area contributed by atoms with E-state index in [1.165, 1.54) is 0 Å². The predicted molar refractivity (Wildman–Crippen MR) is 82.1 cm³/mol. The van der Waals surface area contributed by atoms with Gasteiger partial charge < -0.3 is 10.6 Å². The maximum Gasteiger partial charge on any atom is 0.253 e. The van der Waals surface area contributed by atoms with Gasteiger partial charge in [-0.25, -0.2) is 8.42 Å². The molecule has 2 N–H and O–H groups in total. The Morgan fingerprint density at radius 3 is 2.95 bits per heavy atom. The zero-order valence-corrected chi connectivity index (χ0v) is 12.9. The van der Waals surface area contributed by atoms with Crippen molar-refractivity contribution < 1.29 is 13.2 Å². The van der Waals surface area contributed by atoms with Crippen molar-refractivity contribution in [3.05, 3.63) is 24.0 Å².